The summed E-state index contributed by atoms with van der Waals surface area (Å²) in [6.45, 7) is -0.457. The molecule has 1 fully saturated rings. The van der Waals surface area contributed by atoms with Crippen LogP contribution in [-0.2, 0) is 9.59 Å². The normalized spacial score (nSPS) is 19.4. The van der Waals surface area contributed by atoms with Gasteiger partial charge in [-0.25, -0.2) is 4.39 Å². The van der Waals surface area contributed by atoms with Crippen molar-refractivity contribution < 1.29 is 24.2 Å². The molecule has 1 heterocycles. The molecule has 2 aromatic carbocycles. The van der Waals surface area contributed by atoms with Gasteiger partial charge in [-0.3, -0.25) is 9.59 Å². The Morgan fingerprint density at radius 2 is 1.80 bits per heavy atom. The molecule has 128 valence electrons. The number of likely N-dealkylation sites (tertiary alicyclic amines) is 1. The molecule has 0 saturated carbocycles. The highest BCUT2D eigenvalue weighted by molar-refractivity contribution is 6.46. The average Bonchev–Trinajstić information content (AvgIpc) is 2.87. The minimum absolute atomic E-state index is 0.0999. The van der Waals surface area contributed by atoms with Gasteiger partial charge in [0.05, 0.1) is 18.2 Å². The Morgan fingerprint density at radius 1 is 1.08 bits per heavy atom. The minimum Gasteiger partial charge on any atom is -0.507 e. The lowest BCUT2D eigenvalue weighted by Crippen LogP contribution is -2.32. The number of Topliss-reactive ketones (excluding diaryl/α,β-unsaturated/α-hetero) is 1. The van der Waals surface area contributed by atoms with Crippen LogP contribution in [0.3, 0.4) is 0 Å². The zero-order chi connectivity index (χ0) is 18.0. The van der Waals surface area contributed by atoms with E-state index >= 15 is 0 Å². The summed E-state index contributed by atoms with van der Waals surface area (Å²) < 4.78 is 13.7. The summed E-state index contributed by atoms with van der Waals surface area (Å²) in [4.78, 5) is 26.0. The zero-order valence-electron chi connectivity index (χ0n) is 13.2. The molecule has 0 aliphatic carbocycles. The fraction of sp³-hybridized carbons (Fsp3) is 0.158. The van der Waals surface area contributed by atoms with Crippen LogP contribution in [0.5, 0.6) is 0 Å². The summed E-state index contributed by atoms with van der Waals surface area (Å²) in [5.74, 6) is -2.54. The monoisotopic (exact) mass is 341 g/mol. The van der Waals surface area contributed by atoms with E-state index in [0.29, 0.717) is 11.1 Å². The number of aliphatic hydroxyl groups excluding tert-OH is 2. The molecule has 0 bridgehead atoms. The van der Waals surface area contributed by atoms with E-state index < -0.39 is 23.5 Å². The molecule has 1 aliphatic rings. The SMILES string of the molecule is O=C1C(=O)N(CCO)C(c2cccc(F)c2)C1=C(O)c1ccccc1. The van der Waals surface area contributed by atoms with E-state index in [4.69, 9.17) is 0 Å². The third-order valence-electron chi connectivity index (χ3n) is 4.09. The van der Waals surface area contributed by atoms with Gasteiger partial charge in [0.1, 0.15) is 11.6 Å². The predicted molar refractivity (Wildman–Crippen MR) is 88.9 cm³/mol. The van der Waals surface area contributed by atoms with Crippen molar-refractivity contribution in [2.24, 2.45) is 0 Å². The van der Waals surface area contributed by atoms with Crippen LogP contribution in [0.2, 0.25) is 0 Å². The third kappa shape index (κ3) is 3.04. The minimum atomic E-state index is -0.956. The molecule has 2 aromatic rings. The van der Waals surface area contributed by atoms with Crippen molar-refractivity contribution in [3.63, 3.8) is 0 Å². The van der Waals surface area contributed by atoms with Crippen LogP contribution in [0.15, 0.2) is 60.2 Å². The van der Waals surface area contributed by atoms with E-state index in [1.807, 2.05) is 0 Å². The van der Waals surface area contributed by atoms with Gasteiger partial charge in [-0.05, 0) is 17.7 Å². The van der Waals surface area contributed by atoms with E-state index in [-0.39, 0.29) is 24.5 Å². The molecule has 0 spiro atoms. The number of hydrogen-bond donors (Lipinski definition) is 2. The second kappa shape index (κ2) is 6.86. The van der Waals surface area contributed by atoms with Crippen molar-refractivity contribution >= 4 is 17.4 Å². The van der Waals surface area contributed by atoms with Gasteiger partial charge in [-0.2, -0.15) is 0 Å². The predicted octanol–water partition coefficient (Wildman–Crippen LogP) is 2.24. The van der Waals surface area contributed by atoms with Gasteiger partial charge in [0.25, 0.3) is 11.7 Å². The maximum absolute atomic E-state index is 13.7. The lowest BCUT2D eigenvalue weighted by Gasteiger charge is -2.24. The van der Waals surface area contributed by atoms with Gasteiger partial charge in [0, 0.05) is 12.1 Å². The van der Waals surface area contributed by atoms with Gasteiger partial charge in [0.15, 0.2) is 0 Å². The molecule has 0 aromatic heterocycles. The summed E-state index contributed by atoms with van der Waals surface area (Å²) in [5, 5.41) is 19.9. The second-order valence-electron chi connectivity index (χ2n) is 5.64. The van der Waals surface area contributed by atoms with Crippen LogP contribution in [-0.4, -0.2) is 40.0 Å². The fourth-order valence-electron chi connectivity index (χ4n) is 2.99. The number of carbonyl (C=O) groups is 2. The molecular weight excluding hydrogens is 325 g/mol. The highest BCUT2D eigenvalue weighted by atomic mass is 19.1. The number of carbonyl (C=O) groups excluding carboxylic acids is 2. The van der Waals surface area contributed by atoms with Crippen molar-refractivity contribution in [2.45, 2.75) is 6.04 Å². The van der Waals surface area contributed by atoms with Crippen LogP contribution in [0.25, 0.3) is 5.76 Å². The Labute approximate surface area is 143 Å². The number of β-amino-alcohol motifs (C(OH)–C–C–N with tert-alkyl or cyclic N) is 1. The summed E-state index contributed by atoms with van der Waals surface area (Å²) in [5.41, 5.74) is 0.617. The van der Waals surface area contributed by atoms with Crippen molar-refractivity contribution in [2.75, 3.05) is 13.2 Å². The Balaban J connectivity index is 2.20. The number of aliphatic hydroxyl groups is 2. The second-order valence-corrected chi connectivity index (χ2v) is 5.64. The first-order valence-corrected chi connectivity index (χ1v) is 7.74. The first kappa shape index (κ1) is 16.9. The van der Waals surface area contributed by atoms with Gasteiger partial charge in [0.2, 0.25) is 0 Å². The Kier molecular flexibility index (Phi) is 4.63. The first-order chi connectivity index (χ1) is 12.0. The molecule has 5 nitrogen and oxygen atoms in total. The number of benzene rings is 2. The summed E-state index contributed by atoms with van der Waals surface area (Å²) in [7, 11) is 0. The lowest BCUT2D eigenvalue weighted by atomic mass is 9.95. The molecule has 1 amide bonds. The fourth-order valence-corrected chi connectivity index (χ4v) is 2.99. The van der Waals surface area contributed by atoms with E-state index in [0.717, 1.165) is 4.90 Å². The molecule has 2 N–H and O–H groups in total. The summed E-state index contributed by atoms with van der Waals surface area (Å²) in [6, 6.07) is 12.9. The number of halogens is 1. The Hall–Kier alpha value is -2.99. The molecular formula is C19H16FNO4. The van der Waals surface area contributed by atoms with Gasteiger partial charge in [-0.1, -0.05) is 42.5 Å². The molecule has 25 heavy (non-hydrogen) atoms. The van der Waals surface area contributed by atoms with Crippen LogP contribution < -0.4 is 0 Å². The van der Waals surface area contributed by atoms with E-state index in [2.05, 4.69) is 0 Å². The van der Waals surface area contributed by atoms with E-state index in [1.54, 1.807) is 36.4 Å². The first-order valence-electron chi connectivity index (χ1n) is 7.74. The zero-order valence-corrected chi connectivity index (χ0v) is 13.2. The smallest absolute Gasteiger partial charge is 0.295 e. The average molecular weight is 341 g/mol. The molecule has 3 rings (SSSR count). The maximum atomic E-state index is 13.7. The molecule has 1 aliphatic heterocycles. The third-order valence-corrected chi connectivity index (χ3v) is 4.09. The number of amides is 1. The van der Waals surface area contributed by atoms with Crippen molar-refractivity contribution in [1.82, 2.24) is 4.90 Å². The number of rotatable bonds is 4. The molecule has 1 atom stereocenters. The number of ketones is 1. The molecule has 6 heteroatoms. The Morgan fingerprint density at radius 3 is 2.44 bits per heavy atom. The van der Waals surface area contributed by atoms with E-state index in [9.17, 15) is 24.2 Å². The van der Waals surface area contributed by atoms with Gasteiger partial charge < -0.3 is 15.1 Å². The topological polar surface area (TPSA) is 77.8 Å². The highest BCUT2D eigenvalue weighted by Gasteiger charge is 2.45. The van der Waals surface area contributed by atoms with Crippen LogP contribution in [0.4, 0.5) is 4.39 Å². The Bertz CT molecular complexity index is 848. The van der Waals surface area contributed by atoms with Crippen LogP contribution in [0, 0.1) is 5.82 Å². The van der Waals surface area contributed by atoms with Crippen molar-refractivity contribution in [3.8, 4) is 0 Å². The van der Waals surface area contributed by atoms with E-state index in [1.165, 1.54) is 18.2 Å². The maximum Gasteiger partial charge on any atom is 0.295 e. The standard InChI is InChI=1S/C19H16FNO4/c20-14-8-4-7-13(11-14)16-15(17(23)12-5-2-1-3-6-12)18(24)19(25)21(16)9-10-22/h1-8,11,16,22-23H,9-10H2. The van der Waals surface area contributed by atoms with Crippen molar-refractivity contribution in [1.29, 1.82) is 0 Å². The molecule has 1 saturated heterocycles. The van der Waals surface area contributed by atoms with Gasteiger partial charge >= 0.3 is 0 Å². The molecule has 1 unspecified atom stereocenters. The summed E-state index contributed by atoms with van der Waals surface area (Å²) in [6.07, 6.45) is 0. The number of hydrogen-bond acceptors (Lipinski definition) is 4. The lowest BCUT2D eigenvalue weighted by molar-refractivity contribution is -0.140. The molecule has 0 radical (unpaired) electrons. The van der Waals surface area contributed by atoms with Crippen LogP contribution in [0.1, 0.15) is 17.2 Å². The number of nitrogens with zero attached hydrogens (tertiary/aromatic N) is 1. The summed E-state index contributed by atoms with van der Waals surface area (Å²) >= 11 is 0. The van der Waals surface area contributed by atoms with Gasteiger partial charge in [-0.15, -0.1) is 0 Å². The highest BCUT2D eigenvalue weighted by Crippen LogP contribution is 2.39. The van der Waals surface area contributed by atoms with Crippen LogP contribution >= 0.6 is 0 Å². The quantitative estimate of drug-likeness (QED) is 0.508. The van der Waals surface area contributed by atoms with Crippen molar-refractivity contribution in [3.05, 3.63) is 77.1 Å². The largest absolute Gasteiger partial charge is 0.507 e.